The van der Waals surface area contributed by atoms with Gasteiger partial charge >= 0.3 is 0 Å². The molecule has 0 saturated heterocycles. The predicted octanol–water partition coefficient (Wildman–Crippen LogP) is 2.83. The maximum atomic E-state index is 13.2. The molecule has 3 aromatic carbocycles. The van der Waals surface area contributed by atoms with Gasteiger partial charge < -0.3 is 22.5 Å². The van der Waals surface area contributed by atoms with Gasteiger partial charge in [-0.2, -0.15) is 0 Å². The van der Waals surface area contributed by atoms with E-state index in [0.717, 1.165) is 10.8 Å². The van der Waals surface area contributed by atoms with Crippen LogP contribution in [0.1, 0.15) is 23.2 Å². The Kier molecular flexibility index (Phi) is 8.13. The quantitative estimate of drug-likeness (QED) is 0.141. The fraction of sp³-hybridized carbons (Fsp3) is 0.174. The van der Waals surface area contributed by atoms with Crippen LogP contribution in [0.2, 0.25) is 0 Å². The summed E-state index contributed by atoms with van der Waals surface area (Å²) in [5, 5.41) is 4.83. The minimum absolute atomic E-state index is 0. The molecule has 0 radical (unpaired) electrons. The molecule has 0 bridgehead atoms. The van der Waals surface area contributed by atoms with E-state index in [-0.39, 0.29) is 31.3 Å². The first-order chi connectivity index (χ1) is 14.4. The number of hydrogen-bond donors (Lipinski definition) is 4. The van der Waals surface area contributed by atoms with Gasteiger partial charge in [-0.3, -0.25) is 14.6 Å². The van der Waals surface area contributed by atoms with Crippen molar-refractivity contribution in [2.45, 2.75) is 18.4 Å². The summed E-state index contributed by atoms with van der Waals surface area (Å²) >= 11 is 0. The minimum atomic E-state index is -1.76. The van der Waals surface area contributed by atoms with Gasteiger partial charge in [0.15, 0.2) is 17.3 Å². The maximum Gasteiger partial charge on any atom is 0.252 e. The third-order valence-corrected chi connectivity index (χ3v) is 4.88. The number of guanidine groups is 1. The molecule has 0 aliphatic carbocycles. The van der Waals surface area contributed by atoms with Crippen LogP contribution in [0, 0.1) is 0 Å². The first kappa shape index (κ1) is 23.9. The number of carbonyl (C=O) groups is 2. The third kappa shape index (κ3) is 5.81. The summed E-state index contributed by atoms with van der Waals surface area (Å²) in [6, 6.07) is 21.9. The van der Waals surface area contributed by atoms with Crippen molar-refractivity contribution >= 4 is 46.5 Å². The van der Waals surface area contributed by atoms with Gasteiger partial charge in [0, 0.05) is 17.8 Å². The van der Waals surface area contributed by atoms with E-state index in [1.165, 1.54) is 0 Å². The Balaban J connectivity index is 0.00000341. The van der Waals surface area contributed by atoms with Crippen molar-refractivity contribution < 1.29 is 9.59 Å². The molecule has 1 unspecified atom stereocenters. The number of hydrogen-bond acceptors (Lipinski definition) is 4. The topological polar surface area (TPSA) is 137 Å². The highest BCUT2D eigenvalue weighted by atomic mass is 35.5. The predicted molar refractivity (Wildman–Crippen MR) is 127 cm³/mol. The molecule has 0 spiro atoms. The first-order valence-corrected chi connectivity index (χ1v) is 9.64. The fourth-order valence-corrected chi connectivity index (χ4v) is 3.25. The van der Waals surface area contributed by atoms with Crippen LogP contribution in [0.5, 0.6) is 0 Å². The Hall–Kier alpha value is -3.42. The summed E-state index contributed by atoms with van der Waals surface area (Å²) in [7, 11) is 0. The number of benzene rings is 3. The number of aliphatic imine (C=N–C) groups is 1. The van der Waals surface area contributed by atoms with E-state index >= 15 is 0 Å². The van der Waals surface area contributed by atoms with Crippen molar-refractivity contribution in [2.75, 3.05) is 11.9 Å². The molecule has 7 nitrogen and oxygen atoms in total. The first-order valence-electron chi connectivity index (χ1n) is 9.64. The van der Waals surface area contributed by atoms with E-state index in [0.29, 0.717) is 17.7 Å². The largest absolute Gasteiger partial charge is 0.370 e. The second-order valence-electron chi connectivity index (χ2n) is 7.09. The number of nitrogens with zero attached hydrogens (tertiary/aromatic N) is 1. The number of anilines is 1. The van der Waals surface area contributed by atoms with Gasteiger partial charge in [-0.1, -0.05) is 60.7 Å². The van der Waals surface area contributed by atoms with Crippen LogP contribution in [0.4, 0.5) is 5.69 Å². The van der Waals surface area contributed by atoms with Crippen molar-refractivity contribution in [3.63, 3.8) is 0 Å². The molecule has 3 aromatic rings. The zero-order valence-corrected chi connectivity index (χ0v) is 17.8. The summed E-state index contributed by atoms with van der Waals surface area (Å²) in [5.41, 5.74) is 16.3. The summed E-state index contributed by atoms with van der Waals surface area (Å²) in [6.07, 6.45) is 0.467. The molecule has 0 aromatic heterocycles. The maximum absolute atomic E-state index is 13.2. The summed E-state index contributed by atoms with van der Waals surface area (Å²) in [6.45, 7) is 0.270. The van der Waals surface area contributed by atoms with Crippen LogP contribution in [-0.2, 0) is 4.79 Å². The normalized spacial score (nSPS) is 12.3. The number of ketones is 1. The average molecular weight is 440 g/mol. The van der Waals surface area contributed by atoms with Gasteiger partial charge in [-0.05, 0) is 35.7 Å². The SMILES string of the molecule is Cl.NC(N)=NCCCC(N)(C(=O)Nc1ccc2ccccc2c1)C(=O)c1ccccc1. The number of nitrogens with one attached hydrogen (secondary N) is 1. The van der Waals surface area contributed by atoms with Gasteiger partial charge in [0.1, 0.15) is 0 Å². The molecule has 1 amide bonds. The van der Waals surface area contributed by atoms with Crippen LogP contribution in [0.3, 0.4) is 0 Å². The van der Waals surface area contributed by atoms with Crippen molar-refractivity contribution in [1.82, 2.24) is 0 Å². The minimum Gasteiger partial charge on any atom is -0.370 e. The standard InChI is InChI=1S/C23H25N5O2.ClH/c24-22(25)27-14-6-13-23(26,20(29)17-8-2-1-3-9-17)21(30)28-19-12-11-16-7-4-5-10-18(16)15-19;/h1-5,7-12,15H,6,13-14,26H2,(H,28,30)(H4,24,25,27);1H. The van der Waals surface area contributed by atoms with Crippen molar-refractivity contribution in [3.8, 4) is 0 Å². The molecule has 0 aliphatic rings. The summed E-state index contributed by atoms with van der Waals surface area (Å²) in [4.78, 5) is 30.2. The monoisotopic (exact) mass is 439 g/mol. The van der Waals surface area contributed by atoms with Gasteiger partial charge in [-0.25, -0.2) is 0 Å². The Labute approximate surface area is 187 Å². The van der Waals surface area contributed by atoms with Crippen LogP contribution in [0.25, 0.3) is 10.8 Å². The average Bonchev–Trinajstić information content (AvgIpc) is 2.76. The number of halogens is 1. The van der Waals surface area contributed by atoms with E-state index in [1.54, 1.807) is 36.4 Å². The van der Waals surface area contributed by atoms with Crippen LogP contribution in [0.15, 0.2) is 77.8 Å². The molecule has 31 heavy (non-hydrogen) atoms. The van der Waals surface area contributed by atoms with E-state index in [1.807, 2.05) is 36.4 Å². The zero-order chi connectivity index (χ0) is 21.6. The second kappa shape index (κ2) is 10.6. The van der Waals surface area contributed by atoms with Crippen molar-refractivity contribution in [2.24, 2.45) is 22.2 Å². The molecule has 0 heterocycles. The molecule has 7 N–H and O–H groups in total. The second-order valence-corrected chi connectivity index (χ2v) is 7.09. The van der Waals surface area contributed by atoms with Crippen LogP contribution < -0.4 is 22.5 Å². The van der Waals surface area contributed by atoms with Crippen LogP contribution >= 0.6 is 12.4 Å². The Morgan fingerprint density at radius 2 is 1.55 bits per heavy atom. The Morgan fingerprint density at radius 1 is 0.903 bits per heavy atom. The highest BCUT2D eigenvalue weighted by molar-refractivity contribution is 6.21. The molecule has 1 atom stereocenters. The van der Waals surface area contributed by atoms with E-state index in [2.05, 4.69) is 10.3 Å². The van der Waals surface area contributed by atoms with Gasteiger partial charge in [0.2, 0.25) is 0 Å². The number of carbonyl (C=O) groups excluding carboxylic acids is 2. The highest BCUT2D eigenvalue weighted by Gasteiger charge is 2.41. The van der Waals surface area contributed by atoms with Gasteiger partial charge in [0.25, 0.3) is 5.91 Å². The molecule has 0 saturated carbocycles. The summed E-state index contributed by atoms with van der Waals surface area (Å²) < 4.78 is 0. The molecular weight excluding hydrogens is 414 g/mol. The molecule has 3 rings (SSSR count). The lowest BCUT2D eigenvalue weighted by atomic mass is 9.84. The third-order valence-electron chi connectivity index (χ3n) is 4.88. The number of amides is 1. The van der Waals surface area contributed by atoms with Gasteiger partial charge in [-0.15, -0.1) is 12.4 Å². The van der Waals surface area contributed by atoms with Gasteiger partial charge in [0.05, 0.1) is 0 Å². The zero-order valence-electron chi connectivity index (χ0n) is 17.0. The fourth-order valence-electron chi connectivity index (χ4n) is 3.25. The number of Topliss-reactive ketones (excluding diaryl/α,β-unsaturated/α-hetero) is 1. The van der Waals surface area contributed by atoms with Crippen LogP contribution in [-0.4, -0.2) is 29.7 Å². The molecule has 8 heteroatoms. The van der Waals surface area contributed by atoms with E-state index in [9.17, 15) is 9.59 Å². The Morgan fingerprint density at radius 3 is 2.23 bits per heavy atom. The smallest absolute Gasteiger partial charge is 0.252 e. The number of rotatable bonds is 8. The number of fused-ring (bicyclic) bond motifs is 1. The van der Waals surface area contributed by atoms with Crippen molar-refractivity contribution in [3.05, 3.63) is 78.4 Å². The molecular formula is C23H26ClN5O2. The van der Waals surface area contributed by atoms with E-state index < -0.39 is 17.2 Å². The summed E-state index contributed by atoms with van der Waals surface area (Å²) in [5.74, 6) is -1.07. The molecule has 162 valence electrons. The lowest BCUT2D eigenvalue weighted by Gasteiger charge is -2.27. The molecule has 0 fully saturated rings. The highest BCUT2D eigenvalue weighted by Crippen LogP contribution is 2.23. The van der Waals surface area contributed by atoms with E-state index in [4.69, 9.17) is 17.2 Å². The number of nitrogens with two attached hydrogens (primary N) is 3. The van der Waals surface area contributed by atoms with Crippen molar-refractivity contribution in [1.29, 1.82) is 0 Å². The lowest BCUT2D eigenvalue weighted by Crippen LogP contribution is -2.57. The molecule has 0 aliphatic heterocycles. The lowest BCUT2D eigenvalue weighted by molar-refractivity contribution is -0.119. The Bertz CT molecular complexity index is 1080.